The normalized spacial score (nSPS) is 10.1. The van der Waals surface area contributed by atoms with Crippen LogP contribution < -0.4 is 9.47 Å². The number of ether oxygens (including phenoxy) is 2. The largest absolute Gasteiger partial charge is 0.481 e. The maximum atomic E-state index is 5.72. The van der Waals surface area contributed by atoms with Crippen molar-refractivity contribution in [3.63, 3.8) is 0 Å². The number of nitrogens with zero attached hydrogens (tertiary/aromatic N) is 1. The first kappa shape index (κ1) is 11.9. The molecule has 1 aromatic carbocycles. The second-order valence-corrected chi connectivity index (χ2v) is 4.40. The van der Waals surface area contributed by atoms with Gasteiger partial charge in [0.1, 0.15) is 11.5 Å². The highest BCUT2D eigenvalue weighted by Gasteiger charge is 2.02. The minimum Gasteiger partial charge on any atom is -0.481 e. The molecule has 0 atom stereocenters. The maximum Gasteiger partial charge on any atom is 0.216 e. The van der Waals surface area contributed by atoms with Crippen molar-refractivity contribution in [1.29, 1.82) is 0 Å². The van der Waals surface area contributed by atoms with E-state index in [1.807, 2.05) is 25.1 Å². The van der Waals surface area contributed by atoms with Crippen LogP contribution in [0.15, 0.2) is 41.0 Å². The van der Waals surface area contributed by atoms with Crippen LogP contribution in [-0.4, -0.2) is 12.1 Å². The second-order valence-electron chi connectivity index (χ2n) is 3.55. The zero-order valence-electron chi connectivity index (χ0n) is 9.61. The molecule has 4 heteroatoms. The summed E-state index contributed by atoms with van der Waals surface area (Å²) in [5.41, 5.74) is 1.13. The van der Waals surface area contributed by atoms with Gasteiger partial charge in [-0.3, -0.25) is 0 Å². The Morgan fingerprint density at radius 1 is 1.12 bits per heavy atom. The van der Waals surface area contributed by atoms with Gasteiger partial charge in [0.25, 0.3) is 0 Å². The zero-order chi connectivity index (χ0) is 12.3. The molecule has 0 unspecified atom stereocenters. The molecule has 2 aromatic rings. The standard InChI is InChI=1S/C13H12BrNO2/c1-9-7-10(3-4-12(9)14)17-11-5-6-15-13(8-11)16-2/h3-8H,1-2H3. The zero-order valence-corrected chi connectivity index (χ0v) is 11.2. The fourth-order valence-corrected chi connectivity index (χ4v) is 1.63. The first-order valence-corrected chi connectivity index (χ1v) is 5.92. The summed E-state index contributed by atoms with van der Waals surface area (Å²) in [6.45, 7) is 2.02. The number of aromatic nitrogens is 1. The Morgan fingerprint density at radius 2 is 1.88 bits per heavy atom. The molecule has 17 heavy (non-hydrogen) atoms. The van der Waals surface area contributed by atoms with Crippen molar-refractivity contribution in [2.24, 2.45) is 0 Å². The summed E-state index contributed by atoms with van der Waals surface area (Å²) in [7, 11) is 1.58. The highest BCUT2D eigenvalue weighted by molar-refractivity contribution is 9.10. The van der Waals surface area contributed by atoms with Gasteiger partial charge in [-0.2, -0.15) is 0 Å². The number of pyridine rings is 1. The van der Waals surface area contributed by atoms with Gasteiger partial charge in [0.05, 0.1) is 7.11 Å². The molecule has 0 aliphatic rings. The van der Waals surface area contributed by atoms with Crippen LogP contribution in [0.2, 0.25) is 0 Å². The smallest absolute Gasteiger partial charge is 0.216 e. The monoisotopic (exact) mass is 293 g/mol. The average molecular weight is 294 g/mol. The molecular weight excluding hydrogens is 282 g/mol. The highest BCUT2D eigenvalue weighted by atomic mass is 79.9. The van der Waals surface area contributed by atoms with Crippen LogP contribution in [0.25, 0.3) is 0 Å². The van der Waals surface area contributed by atoms with Crippen LogP contribution >= 0.6 is 15.9 Å². The van der Waals surface area contributed by atoms with E-state index in [-0.39, 0.29) is 0 Å². The lowest BCUT2D eigenvalue weighted by atomic mass is 10.2. The van der Waals surface area contributed by atoms with E-state index in [0.29, 0.717) is 11.6 Å². The number of hydrogen-bond donors (Lipinski definition) is 0. The van der Waals surface area contributed by atoms with Crippen molar-refractivity contribution in [1.82, 2.24) is 4.98 Å². The van der Waals surface area contributed by atoms with E-state index in [1.165, 1.54) is 0 Å². The third kappa shape index (κ3) is 2.97. The van der Waals surface area contributed by atoms with Crippen LogP contribution in [-0.2, 0) is 0 Å². The average Bonchev–Trinajstić information content (AvgIpc) is 2.34. The number of aryl methyl sites for hydroxylation is 1. The van der Waals surface area contributed by atoms with E-state index in [9.17, 15) is 0 Å². The molecule has 0 aliphatic heterocycles. The molecular formula is C13H12BrNO2. The summed E-state index contributed by atoms with van der Waals surface area (Å²) in [6, 6.07) is 9.38. The molecule has 3 nitrogen and oxygen atoms in total. The molecule has 0 aliphatic carbocycles. The lowest BCUT2D eigenvalue weighted by Gasteiger charge is -2.08. The topological polar surface area (TPSA) is 31.4 Å². The number of hydrogen-bond acceptors (Lipinski definition) is 3. The Kier molecular flexibility index (Phi) is 3.64. The third-order valence-corrected chi connectivity index (χ3v) is 3.17. The molecule has 0 bridgehead atoms. The van der Waals surface area contributed by atoms with E-state index >= 15 is 0 Å². The van der Waals surface area contributed by atoms with E-state index in [1.54, 1.807) is 25.4 Å². The molecule has 88 valence electrons. The molecule has 1 heterocycles. The van der Waals surface area contributed by atoms with Gasteiger partial charge in [-0.05, 0) is 36.8 Å². The van der Waals surface area contributed by atoms with Gasteiger partial charge in [0.2, 0.25) is 5.88 Å². The van der Waals surface area contributed by atoms with Gasteiger partial charge in [0, 0.05) is 16.7 Å². The van der Waals surface area contributed by atoms with Gasteiger partial charge in [0.15, 0.2) is 0 Å². The SMILES string of the molecule is COc1cc(Oc2ccc(Br)c(C)c2)ccn1. The highest BCUT2D eigenvalue weighted by Crippen LogP contribution is 2.27. The predicted octanol–water partition coefficient (Wildman–Crippen LogP) is 3.95. The Balaban J connectivity index is 2.22. The fourth-order valence-electron chi connectivity index (χ4n) is 1.38. The summed E-state index contributed by atoms with van der Waals surface area (Å²) in [5.74, 6) is 2.04. The Hall–Kier alpha value is -1.55. The van der Waals surface area contributed by atoms with Crippen LogP contribution in [0.3, 0.4) is 0 Å². The molecule has 0 amide bonds. The van der Waals surface area contributed by atoms with Crippen LogP contribution in [0, 0.1) is 6.92 Å². The van der Waals surface area contributed by atoms with Gasteiger partial charge < -0.3 is 9.47 Å². The van der Waals surface area contributed by atoms with E-state index in [4.69, 9.17) is 9.47 Å². The summed E-state index contributed by atoms with van der Waals surface area (Å²) in [4.78, 5) is 4.02. The van der Waals surface area contributed by atoms with Crippen molar-refractivity contribution < 1.29 is 9.47 Å². The van der Waals surface area contributed by atoms with Gasteiger partial charge in [-0.15, -0.1) is 0 Å². The Labute approximate surface area is 109 Å². The van der Waals surface area contributed by atoms with Crippen LogP contribution in [0.4, 0.5) is 0 Å². The van der Waals surface area contributed by atoms with E-state index < -0.39 is 0 Å². The Bertz CT molecular complexity index is 529. The van der Waals surface area contributed by atoms with E-state index in [2.05, 4.69) is 20.9 Å². The fraction of sp³-hybridized carbons (Fsp3) is 0.154. The molecule has 0 spiro atoms. The van der Waals surface area contributed by atoms with Crippen LogP contribution in [0.5, 0.6) is 17.4 Å². The maximum absolute atomic E-state index is 5.72. The van der Waals surface area contributed by atoms with Gasteiger partial charge in [-0.25, -0.2) is 4.98 Å². The lowest BCUT2D eigenvalue weighted by Crippen LogP contribution is -1.89. The minimum atomic E-state index is 0.538. The van der Waals surface area contributed by atoms with Crippen LogP contribution in [0.1, 0.15) is 5.56 Å². The summed E-state index contributed by atoms with van der Waals surface area (Å²) >= 11 is 3.45. The molecule has 2 rings (SSSR count). The predicted molar refractivity (Wildman–Crippen MR) is 69.7 cm³/mol. The molecule has 0 saturated heterocycles. The molecule has 1 aromatic heterocycles. The first-order valence-electron chi connectivity index (χ1n) is 5.13. The third-order valence-electron chi connectivity index (χ3n) is 2.28. The summed E-state index contributed by atoms with van der Waals surface area (Å²) in [5, 5.41) is 0. The van der Waals surface area contributed by atoms with Crippen molar-refractivity contribution in [3.05, 3.63) is 46.6 Å². The van der Waals surface area contributed by atoms with Gasteiger partial charge >= 0.3 is 0 Å². The molecule has 0 saturated carbocycles. The van der Waals surface area contributed by atoms with Crippen molar-refractivity contribution >= 4 is 15.9 Å². The lowest BCUT2D eigenvalue weighted by molar-refractivity contribution is 0.392. The molecule has 0 fully saturated rings. The number of rotatable bonds is 3. The van der Waals surface area contributed by atoms with Crippen molar-refractivity contribution in [2.45, 2.75) is 6.92 Å². The summed E-state index contributed by atoms with van der Waals surface area (Å²) in [6.07, 6.45) is 1.65. The second kappa shape index (κ2) is 5.19. The first-order chi connectivity index (χ1) is 8.19. The number of methoxy groups -OCH3 is 1. The van der Waals surface area contributed by atoms with Crippen molar-refractivity contribution in [3.8, 4) is 17.4 Å². The van der Waals surface area contributed by atoms with Crippen molar-refractivity contribution in [2.75, 3.05) is 7.11 Å². The van der Waals surface area contributed by atoms with Gasteiger partial charge in [-0.1, -0.05) is 15.9 Å². The number of benzene rings is 1. The summed E-state index contributed by atoms with van der Waals surface area (Å²) < 4.78 is 11.8. The molecule has 0 radical (unpaired) electrons. The minimum absolute atomic E-state index is 0.538. The molecule has 0 N–H and O–H groups in total. The quantitative estimate of drug-likeness (QED) is 0.858. The number of halogens is 1. The Morgan fingerprint density at radius 3 is 2.59 bits per heavy atom. The van der Waals surface area contributed by atoms with E-state index in [0.717, 1.165) is 15.8 Å².